The molecule has 0 fully saturated rings. The first-order valence-corrected chi connectivity index (χ1v) is 6.63. The van der Waals surface area contributed by atoms with Crippen molar-refractivity contribution in [1.29, 1.82) is 0 Å². The molecule has 20 heavy (non-hydrogen) atoms. The summed E-state index contributed by atoms with van der Waals surface area (Å²) in [7, 11) is 1.61. The quantitative estimate of drug-likeness (QED) is 0.818. The van der Waals surface area contributed by atoms with Crippen molar-refractivity contribution in [2.24, 2.45) is 0 Å². The van der Waals surface area contributed by atoms with Crippen molar-refractivity contribution in [3.05, 3.63) is 41.3 Å². The SMILES string of the molecule is CCc1cc(NCc2ccc(OC)c(N)c2)nc(C)n1. The first kappa shape index (κ1) is 14.1. The molecule has 0 spiro atoms. The Hall–Kier alpha value is -2.30. The van der Waals surface area contributed by atoms with Crippen molar-refractivity contribution in [3.8, 4) is 5.75 Å². The van der Waals surface area contributed by atoms with E-state index in [4.69, 9.17) is 10.5 Å². The number of aryl methyl sites for hydroxylation is 2. The molecule has 0 atom stereocenters. The van der Waals surface area contributed by atoms with Crippen LogP contribution >= 0.6 is 0 Å². The normalized spacial score (nSPS) is 10.3. The van der Waals surface area contributed by atoms with E-state index >= 15 is 0 Å². The van der Waals surface area contributed by atoms with E-state index in [0.717, 1.165) is 29.3 Å². The molecule has 1 aromatic heterocycles. The van der Waals surface area contributed by atoms with E-state index < -0.39 is 0 Å². The maximum Gasteiger partial charge on any atom is 0.141 e. The minimum absolute atomic E-state index is 0.639. The maximum absolute atomic E-state index is 5.89. The van der Waals surface area contributed by atoms with Crippen molar-refractivity contribution in [2.45, 2.75) is 26.8 Å². The minimum Gasteiger partial charge on any atom is -0.495 e. The van der Waals surface area contributed by atoms with E-state index in [-0.39, 0.29) is 0 Å². The molecule has 0 aliphatic carbocycles. The lowest BCUT2D eigenvalue weighted by molar-refractivity contribution is 0.417. The Bertz CT molecular complexity index is 598. The molecule has 2 aromatic rings. The van der Waals surface area contributed by atoms with Crippen LogP contribution in [-0.2, 0) is 13.0 Å². The highest BCUT2D eigenvalue weighted by Crippen LogP contribution is 2.22. The fourth-order valence-corrected chi connectivity index (χ4v) is 1.99. The molecule has 5 nitrogen and oxygen atoms in total. The summed E-state index contributed by atoms with van der Waals surface area (Å²) in [4.78, 5) is 8.73. The zero-order valence-corrected chi connectivity index (χ0v) is 12.1. The molecule has 0 unspecified atom stereocenters. The van der Waals surface area contributed by atoms with Gasteiger partial charge in [-0.3, -0.25) is 0 Å². The lowest BCUT2D eigenvalue weighted by Gasteiger charge is -2.10. The Morgan fingerprint density at radius 2 is 2.05 bits per heavy atom. The summed E-state index contributed by atoms with van der Waals surface area (Å²) in [6.45, 7) is 4.64. The molecule has 0 saturated carbocycles. The van der Waals surface area contributed by atoms with Gasteiger partial charge in [0.1, 0.15) is 17.4 Å². The number of hydrogen-bond acceptors (Lipinski definition) is 5. The standard InChI is InChI=1S/C15H20N4O/c1-4-12-8-15(19-10(2)18-12)17-9-11-5-6-14(20-3)13(16)7-11/h5-8H,4,9,16H2,1-3H3,(H,17,18,19). The van der Waals surface area contributed by atoms with Crippen LogP contribution in [0.25, 0.3) is 0 Å². The average molecular weight is 272 g/mol. The van der Waals surface area contributed by atoms with Gasteiger partial charge in [0.15, 0.2) is 0 Å². The fraction of sp³-hybridized carbons (Fsp3) is 0.333. The molecule has 0 aliphatic rings. The third-order valence-corrected chi connectivity index (χ3v) is 3.02. The Labute approximate surface area is 119 Å². The van der Waals surface area contributed by atoms with Crippen LogP contribution in [0.2, 0.25) is 0 Å². The lowest BCUT2D eigenvalue weighted by atomic mass is 10.2. The molecule has 2 rings (SSSR count). The maximum atomic E-state index is 5.89. The summed E-state index contributed by atoms with van der Waals surface area (Å²) >= 11 is 0. The summed E-state index contributed by atoms with van der Waals surface area (Å²) in [5.41, 5.74) is 8.65. The van der Waals surface area contributed by atoms with E-state index in [1.807, 2.05) is 31.2 Å². The van der Waals surface area contributed by atoms with Crippen LogP contribution < -0.4 is 15.8 Å². The Balaban J connectivity index is 2.08. The molecule has 5 heteroatoms. The number of nitrogens with one attached hydrogen (secondary N) is 1. The number of anilines is 2. The molecule has 1 heterocycles. The fourth-order valence-electron chi connectivity index (χ4n) is 1.99. The van der Waals surface area contributed by atoms with Gasteiger partial charge >= 0.3 is 0 Å². The number of nitrogens with zero attached hydrogens (tertiary/aromatic N) is 2. The highest BCUT2D eigenvalue weighted by Gasteiger charge is 2.03. The predicted molar refractivity (Wildman–Crippen MR) is 80.9 cm³/mol. The number of nitrogen functional groups attached to an aromatic ring is 1. The highest BCUT2D eigenvalue weighted by atomic mass is 16.5. The van der Waals surface area contributed by atoms with Gasteiger partial charge in [-0.2, -0.15) is 0 Å². The van der Waals surface area contributed by atoms with Gasteiger partial charge in [-0.05, 0) is 31.0 Å². The van der Waals surface area contributed by atoms with Gasteiger partial charge in [-0.1, -0.05) is 13.0 Å². The van der Waals surface area contributed by atoms with E-state index in [2.05, 4.69) is 22.2 Å². The summed E-state index contributed by atoms with van der Waals surface area (Å²) < 4.78 is 5.14. The molecule has 0 amide bonds. The zero-order valence-electron chi connectivity index (χ0n) is 12.1. The first-order chi connectivity index (χ1) is 9.62. The van der Waals surface area contributed by atoms with Crippen LogP contribution in [0.15, 0.2) is 24.3 Å². The molecular weight excluding hydrogens is 252 g/mol. The van der Waals surface area contributed by atoms with E-state index in [9.17, 15) is 0 Å². The number of hydrogen-bond donors (Lipinski definition) is 2. The van der Waals surface area contributed by atoms with Gasteiger partial charge < -0.3 is 15.8 Å². The molecule has 0 bridgehead atoms. The van der Waals surface area contributed by atoms with Crippen LogP contribution in [-0.4, -0.2) is 17.1 Å². The average Bonchev–Trinajstić information content (AvgIpc) is 2.44. The Morgan fingerprint density at radius 3 is 2.70 bits per heavy atom. The molecule has 3 N–H and O–H groups in total. The van der Waals surface area contributed by atoms with Gasteiger partial charge in [-0.25, -0.2) is 9.97 Å². The van der Waals surface area contributed by atoms with E-state index in [0.29, 0.717) is 18.0 Å². The smallest absolute Gasteiger partial charge is 0.141 e. The largest absolute Gasteiger partial charge is 0.495 e. The number of methoxy groups -OCH3 is 1. The predicted octanol–water partition coefficient (Wildman–Crippen LogP) is 2.55. The molecule has 1 aromatic carbocycles. The molecule has 106 valence electrons. The highest BCUT2D eigenvalue weighted by molar-refractivity contribution is 5.54. The third kappa shape index (κ3) is 3.38. The van der Waals surface area contributed by atoms with Crippen LogP contribution in [0, 0.1) is 6.92 Å². The zero-order chi connectivity index (χ0) is 14.5. The molecule has 0 radical (unpaired) electrons. The van der Waals surface area contributed by atoms with E-state index in [1.165, 1.54) is 0 Å². The van der Waals surface area contributed by atoms with Gasteiger partial charge in [-0.15, -0.1) is 0 Å². The minimum atomic E-state index is 0.639. The topological polar surface area (TPSA) is 73.1 Å². The number of ether oxygens (including phenoxy) is 1. The third-order valence-electron chi connectivity index (χ3n) is 3.02. The summed E-state index contributed by atoms with van der Waals surface area (Å²) in [6.07, 6.45) is 0.896. The van der Waals surface area contributed by atoms with Gasteiger partial charge in [0.2, 0.25) is 0 Å². The van der Waals surface area contributed by atoms with Crippen molar-refractivity contribution in [3.63, 3.8) is 0 Å². The number of benzene rings is 1. The Morgan fingerprint density at radius 1 is 1.25 bits per heavy atom. The number of rotatable bonds is 5. The molecule has 0 aliphatic heterocycles. The summed E-state index contributed by atoms with van der Waals surface area (Å²) in [5.74, 6) is 2.31. The summed E-state index contributed by atoms with van der Waals surface area (Å²) in [5, 5.41) is 3.29. The van der Waals surface area contributed by atoms with Gasteiger partial charge in [0.25, 0.3) is 0 Å². The first-order valence-electron chi connectivity index (χ1n) is 6.63. The monoisotopic (exact) mass is 272 g/mol. The number of aromatic nitrogens is 2. The van der Waals surface area contributed by atoms with Crippen LogP contribution in [0.3, 0.4) is 0 Å². The Kier molecular flexibility index (Phi) is 4.40. The van der Waals surface area contributed by atoms with Crippen molar-refractivity contribution in [1.82, 2.24) is 9.97 Å². The summed E-state index contributed by atoms with van der Waals surface area (Å²) in [6, 6.07) is 7.73. The van der Waals surface area contributed by atoms with Crippen LogP contribution in [0.1, 0.15) is 24.0 Å². The second-order valence-corrected chi connectivity index (χ2v) is 4.58. The van der Waals surface area contributed by atoms with Crippen LogP contribution in [0.5, 0.6) is 5.75 Å². The van der Waals surface area contributed by atoms with Gasteiger partial charge in [0, 0.05) is 18.3 Å². The van der Waals surface area contributed by atoms with Crippen molar-refractivity contribution < 1.29 is 4.74 Å². The second kappa shape index (κ2) is 6.23. The lowest BCUT2D eigenvalue weighted by Crippen LogP contribution is -2.05. The van der Waals surface area contributed by atoms with Crippen molar-refractivity contribution in [2.75, 3.05) is 18.2 Å². The van der Waals surface area contributed by atoms with Gasteiger partial charge in [0.05, 0.1) is 12.8 Å². The van der Waals surface area contributed by atoms with Crippen LogP contribution in [0.4, 0.5) is 11.5 Å². The van der Waals surface area contributed by atoms with Crippen molar-refractivity contribution >= 4 is 11.5 Å². The molecular formula is C15H20N4O. The second-order valence-electron chi connectivity index (χ2n) is 4.58. The number of nitrogens with two attached hydrogens (primary N) is 1. The van der Waals surface area contributed by atoms with E-state index in [1.54, 1.807) is 7.11 Å². The molecule has 0 saturated heterocycles.